The highest BCUT2D eigenvalue weighted by Crippen LogP contribution is 2.24. The highest BCUT2D eigenvalue weighted by atomic mass is 35.5. The number of hydrogen-bond acceptors (Lipinski definition) is 4. The Labute approximate surface area is 123 Å². The third kappa shape index (κ3) is 3.17. The number of hydrogen-bond donors (Lipinski definition) is 1. The molecule has 0 amide bonds. The lowest BCUT2D eigenvalue weighted by molar-refractivity contribution is 0.587. The molecule has 0 atom stereocenters. The van der Waals surface area contributed by atoms with Crippen LogP contribution in [0.4, 0.5) is 0 Å². The summed E-state index contributed by atoms with van der Waals surface area (Å²) in [5.74, 6) is 0. The Kier molecular flexibility index (Phi) is 3.81. The molecular formula is C14H18ClN5. The van der Waals surface area contributed by atoms with Gasteiger partial charge in [-0.15, -0.1) is 0 Å². The van der Waals surface area contributed by atoms with Gasteiger partial charge in [-0.3, -0.25) is 9.67 Å². The van der Waals surface area contributed by atoms with Crippen molar-refractivity contribution in [3.05, 3.63) is 29.3 Å². The Bertz CT molecular complexity index is 691. The topological polar surface area (TPSA) is 69.1 Å². The first kappa shape index (κ1) is 14.5. The number of fused-ring (bicyclic) bond motifs is 1. The summed E-state index contributed by atoms with van der Waals surface area (Å²) in [7, 11) is 1.84. The van der Waals surface area contributed by atoms with E-state index in [9.17, 15) is 0 Å². The van der Waals surface area contributed by atoms with Crippen molar-refractivity contribution in [3.63, 3.8) is 0 Å². The summed E-state index contributed by atoms with van der Waals surface area (Å²) >= 11 is 6.19. The molecule has 0 fully saturated rings. The predicted octanol–water partition coefficient (Wildman–Crippen LogP) is 2.79. The van der Waals surface area contributed by atoms with Crippen molar-refractivity contribution in [3.8, 4) is 0 Å². The number of aliphatic imine (C=N–C) groups is 1. The Morgan fingerprint density at radius 2 is 2.15 bits per heavy atom. The zero-order valence-electron chi connectivity index (χ0n) is 12.1. The third-order valence-electron chi connectivity index (χ3n) is 2.64. The second kappa shape index (κ2) is 5.25. The molecule has 0 radical (unpaired) electrons. The summed E-state index contributed by atoms with van der Waals surface area (Å²) in [6, 6.07) is 1.86. The molecular weight excluding hydrogens is 274 g/mol. The third-order valence-corrected chi connectivity index (χ3v) is 2.93. The van der Waals surface area contributed by atoms with Crippen molar-refractivity contribution in [2.75, 3.05) is 0 Å². The van der Waals surface area contributed by atoms with E-state index in [1.54, 1.807) is 10.9 Å². The van der Waals surface area contributed by atoms with Crippen LogP contribution in [0, 0.1) is 0 Å². The van der Waals surface area contributed by atoms with Crippen LogP contribution < -0.4 is 5.73 Å². The van der Waals surface area contributed by atoms with Gasteiger partial charge < -0.3 is 5.73 Å². The maximum Gasteiger partial charge on any atom is 0.140 e. The summed E-state index contributed by atoms with van der Waals surface area (Å²) < 4.78 is 1.71. The molecule has 106 valence electrons. The molecule has 5 nitrogen and oxygen atoms in total. The standard InChI is InChI=1S/C14H18ClN5/c1-14(2,3)17-7-9(6-16)11-5-12-10(13(15)18-11)8-20(4)19-12/h5-8H,16H2,1-4H3. The maximum absolute atomic E-state index is 6.19. The number of halogens is 1. The Hall–Kier alpha value is -1.88. The van der Waals surface area contributed by atoms with Gasteiger partial charge in [0, 0.05) is 31.2 Å². The second-order valence-corrected chi connectivity index (χ2v) is 5.94. The molecule has 0 bridgehead atoms. The van der Waals surface area contributed by atoms with Gasteiger partial charge in [-0.2, -0.15) is 5.10 Å². The minimum atomic E-state index is -0.173. The SMILES string of the molecule is Cn1cc2c(Cl)nc(C(C=NC(C)(C)C)=CN)cc2n1. The van der Waals surface area contributed by atoms with Gasteiger partial charge in [0.2, 0.25) is 0 Å². The van der Waals surface area contributed by atoms with Crippen molar-refractivity contribution in [1.82, 2.24) is 14.8 Å². The molecule has 20 heavy (non-hydrogen) atoms. The van der Waals surface area contributed by atoms with Crippen LogP contribution in [0.25, 0.3) is 16.5 Å². The summed E-state index contributed by atoms with van der Waals surface area (Å²) in [5.41, 5.74) is 7.66. The second-order valence-electron chi connectivity index (χ2n) is 5.58. The van der Waals surface area contributed by atoms with Gasteiger partial charge in [-0.05, 0) is 26.8 Å². The van der Waals surface area contributed by atoms with Crippen LogP contribution in [0.2, 0.25) is 5.15 Å². The first-order valence-corrected chi connectivity index (χ1v) is 6.65. The van der Waals surface area contributed by atoms with Crippen molar-refractivity contribution in [2.24, 2.45) is 17.8 Å². The summed E-state index contributed by atoms with van der Waals surface area (Å²) in [4.78, 5) is 8.80. The molecule has 2 aromatic heterocycles. The molecule has 2 N–H and O–H groups in total. The highest BCUT2D eigenvalue weighted by Gasteiger charge is 2.11. The molecule has 0 aliphatic carbocycles. The van der Waals surface area contributed by atoms with Crippen molar-refractivity contribution in [1.29, 1.82) is 0 Å². The van der Waals surface area contributed by atoms with Gasteiger partial charge in [0.1, 0.15) is 5.15 Å². The maximum atomic E-state index is 6.19. The molecule has 2 heterocycles. The lowest BCUT2D eigenvalue weighted by Crippen LogP contribution is -2.10. The Morgan fingerprint density at radius 1 is 1.45 bits per heavy atom. The number of pyridine rings is 1. The van der Waals surface area contributed by atoms with E-state index in [4.69, 9.17) is 17.3 Å². The van der Waals surface area contributed by atoms with Gasteiger partial charge in [-0.25, -0.2) is 4.98 Å². The van der Waals surface area contributed by atoms with Crippen LogP contribution >= 0.6 is 11.6 Å². The quantitative estimate of drug-likeness (QED) is 0.683. The van der Waals surface area contributed by atoms with Gasteiger partial charge in [0.05, 0.1) is 22.1 Å². The molecule has 0 aromatic carbocycles. The number of rotatable bonds is 2. The first-order valence-electron chi connectivity index (χ1n) is 6.27. The number of nitrogens with two attached hydrogens (primary N) is 1. The minimum absolute atomic E-state index is 0.173. The van der Waals surface area contributed by atoms with E-state index in [0.29, 0.717) is 10.8 Å². The van der Waals surface area contributed by atoms with Crippen molar-refractivity contribution >= 4 is 34.3 Å². The predicted molar refractivity (Wildman–Crippen MR) is 83.9 cm³/mol. The molecule has 0 saturated heterocycles. The highest BCUT2D eigenvalue weighted by molar-refractivity contribution is 6.34. The van der Waals surface area contributed by atoms with E-state index in [1.165, 1.54) is 6.20 Å². The number of aryl methyl sites for hydroxylation is 1. The van der Waals surface area contributed by atoms with E-state index in [-0.39, 0.29) is 5.54 Å². The van der Waals surface area contributed by atoms with Crippen LogP contribution in [0.15, 0.2) is 23.5 Å². The monoisotopic (exact) mass is 291 g/mol. The van der Waals surface area contributed by atoms with Crippen LogP contribution in [0.5, 0.6) is 0 Å². The summed E-state index contributed by atoms with van der Waals surface area (Å²) in [5, 5.41) is 5.57. The molecule has 0 unspecified atom stereocenters. The first-order chi connectivity index (χ1) is 9.30. The van der Waals surface area contributed by atoms with Crippen molar-refractivity contribution in [2.45, 2.75) is 26.3 Å². The molecule has 2 aromatic rings. The smallest absolute Gasteiger partial charge is 0.140 e. The number of nitrogens with zero attached hydrogens (tertiary/aromatic N) is 4. The molecule has 0 aliphatic rings. The van der Waals surface area contributed by atoms with Crippen LogP contribution in [0.3, 0.4) is 0 Å². The molecule has 0 spiro atoms. The van der Waals surface area contributed by atoms with Gasteiger partial charge in [0.15, 0.2) is 0 Å². The van der Waals surface area contributed by atoms with E-state index >= 15 is 0 Å². The van der Waals surface area contributed by atoms with E-state index < -0.39 is 0 Å². The fourth-order valence-corrected chi connectivity index (χ4v) is 1.94. The van der Waals surface area contributed by atoms with Crippen LogP contribution in [-0.2, 0) is 7.05 Å². The van der Waals surface area contributed by atoms with E-state index in [1.807, 2.05) is 40.1 Å². The fraction of sp³-hybridized carbons (Fsp3) is 0.357. The molecule has 0 saturated carbocycles. The minimum Gasteiger partial charge on any atom is -0.404 e. The van der Waals surface area contributed by atoms with Gasteiger partial charge in [-0.1, -0.05) is 11.6 Å². The lowest BCUT2D eigenvalue weighted by atomic mass is 10.1. The van der Waals surface area contributed by atoms with Crippen LogP contribution in [-0.4, -0.2) is 26.5 Å². The van der Waals surface area contributed by atoms with E-state index in [2.05, 4.69) is 15.1 Å². The average molecular weight is 292 g/mol. The lowest BCUT2D eigenvalue weighted by Gasteiger charge is -2.11. The van der Waals surface area contributed by atoms with Crippen molar-refractivity contribution < 1.29 is 0 Å². The molecule has 6 heteroatoms. The molecule has 0 aliphatic heterocycles. The Morgan fingerprint density at radius 3 is 2.75 bits per heavy atom. The number of allylic oxidation sites excluding steroid dienone is 1. The van der Waals surface area contributed by atoms with Gasteiger partial charge in [0.25, 0.3) is 0 Å². The van der Waals surface area contributed by atoms with Gasteiger partial charge >= 0.3 is 0 Å². The largest absolute Gasteiger partial charge is 0.404 e. The normalized spacial score (nSPS) is 13.6. The molecule has 2 rings (SSSR count). The fourth-order valence-electron chi connectivity index (χ4n) is 1.70. The summed E-state index contributed by atoms with van der Waals surface area (Å²) in [6.45, 7) is 6.04. The van der Waals surface area contributed by atoms with E-state index in [0.717, 1.165) is 16.5 Å². The summed E-state index contributed by atoms with van der Waals surface area (Å²) in [6.07, 6.45) is 5.03. The number of aromatic nitrogens is 3. The zero-order valence-corrected chi connectivity index (χ0v) is 12.8. The Balaban J connectivity index is 2.48. The zero-order chi connectivity index (χ0) is 14.9. The average Bonchev–Trinajstić information content (AvgIpc) is 2.69. The van der Waals surface area contributed by atoms with Crippen LogP contribution in [0.1, 0.15) is 26.5 Å².